The fourth-order valence-corrected chi connectivity index (χ4v) is 3.92. The Kier molecular flexibility index (Phi) is 5.51. The molecule has 168 valence electrons. The first-order chi connectivity index (χ1) is 16.1. The number of halogens is 2. The molecule has 2 aromatic heterocycles. The molecule has 33 heavy (non-hydrogen) atoms. The van der Waals surface area contributed by atoms with Gasteiger partial charge in [0.05, 0.1) is 29.2 Å². The van der Waals surface area contributed by atoms with Crippen molar-refractivity contribution in [3.8, 4) is 22.8 Å². The van der Waals surface area contributed by atoms with Crippen molar-refractivity contribution in [3.05, 3.63) is 72.4 Å². The highest BCUT2D eigenvalue weighted by Crippen LogP contribution is 2.35. The Morgan fingerprint density at radius 1 is 1.09 bits per heavy atom. The first-order valence-corrected chi connectivity index (χ1v) is 10.3. The van der Waals surface area contributed by atoms with E-state index in [1.807, 2.05) is 0 Å². The molecule has 0 radical (unpaired) electrons. The zero-order chi connectivity index (χ0) is 22.8. The van der Waals surface area contributed by atoms with Gasteiger partial charge in [-0.05, 0) is 37.1 Å². The lowest BCUT2D eigenvalue weighted by atomic mass is 10.1. The Morgan fingerprint density at radius 3 is 2.67 bits per heavy atom. The molecule has 3 heterocycles. The SMILES string of the molecule is O=C(c1ccccc1-n1nccn1)N1CCCC1c1nc(-c2ccccc2OC(F)F)no1. The molecule has 0 bridgehead atoms. The number of amides is 1. The molecule has 1 unspecified atom stereocenters. The molecule has 1 fully saturated rings. The average molecular weight is 452 g/mol. The van der Waals surface area contributed by atoms with Gasteiger partial charge in [0.15, 0.2) is 0 Å². The normalized spacial score (nSPS) is 15.8. The zero-order valence-electron chi connectivity index (χ0n) is 17.2. The lowest BCUT2D eigenvalue weighted by Gasteiger charge is -2.22. The monoisotopic (exact) mass is 452 g/mol. The van der Waals surface area contributed by atoms with Crippen molar-refractivity contribution in [2.45, 2.75) is 25.5 Å². The molecule has 1 aliphatic heterocycles. The third-order valence-corrected chi connectivity index (χ3v) is 5.35. The molecule has 1 saturated heterocycles. The molecule has 5 rings (SSSR count). The fraction of sp³-hybridized carbons (Fsp3) is 0.227. The van der Waals surface area contributed by atoms with Crippen molar-refractivity contribution in [3.63, 3.8) is 0 Å². The number of nitrogens with zero attached hydrogens (tertiary/aromatic N) is 6. The van der Waals surface area contributed by atoms with Gasteiger partial charge in [0.25, 0.3) is 5.91 Å². The van der Waals surface area contributed by atoms with E-state index < -0.39 is 12.7 Å². The predicted octanol–water partition coefficient (Wildman–Crippen LogP) is 3.90. The van der Waals surface area contributed by atoms with Crippen LogP contribution in [0.2, 0.25) is 0 Å². The second kappa shape index (κ2) is 8.77. The summed E-state index contributed by atoms with van der Waals surface area (Å²) in [4.78, 5) is 20.9. The van der Waals surface area contributed by atoms with Crippen LogP contribution in [0.3, 0.4) is 0 Å². The molecule has 1 aliphatic rings. The van der Waals surface area contributed by atoms with Crippen LogP contribution in [0.4, 0.5) is 8.78 Å². The molecule has 11 heteroatoms. The molecule has 0 saturated carbocycles. The summed E-state index contributed by atoms with van der Waals surface area (Å²) in [6.07, 6.45) is 4.46. The quantitative estimate of drug-likeness (QED) is 0.438. The van der Waals surface area contributed by atoms with Crippen LogP contribution in [0, 0.1) is 0 Å². The smallest absolute Gasteiger partial charge is 0.387 e. The van der Waals surface area contributed by atoms with Gasteiger partial charge in [-0.1, -0.05) is 29.4 Å². The molecule has 0 aliphatic carbocycles. The third-order valence-electron chi connectivity index (χ3n) is 5.35. The Hall–Kier alpha value is -4.15. The standard InChI is InChI=1S/C22H18F2N6O3/c23-22(24)32-18-10-4-2-7-15(18)19-27-20(33-28-19)17-9-5-13-29(17)21(31)14-6-1-3-8-16(14)30-25-11-12-26-30/h1-4,6-8,10-12,17,22H,5,9,13H2. The Bertz CT molecular complexity index is 1260. The van der Waals surface area contributed by atoms with Gasteiger partial charge in [0.1, 0.15) is 11.8 Å². The average Bonchev–Trinajstić information content (AvgIpc) is 3.60. The van der Waals surface area contributed by atoms with E-state index in [9.17, 15) is 13.6 Å². The molecule has 1 amide bonds. The van der Waals surface area contributed by atoms with E-state index in [4.69, 9.17) is 4.52 Å². The molecule has 1 atom stereocenters. The van der Waals surface area contributed by atoms with Crippen molar-refractivity contribution in [1.82, 2.24) is 30.0 Å². The van der Waals surface area contributed by atoms with E-state index in [-0.39, 0.29) is 28.9 Å². The second-order valence-electron chi connectivity index (χ2n) is 7.32. The Labute approximate surface area is 186 Å². The number of hydrogen-bond acceptors (Lipinski definition) is 7. The molecule has 2 aromatic carbocycles. The van der Waals surface area contributed by atoms with Crippen molar-refractivity contribution < 1.29 is 22.8 Å². The van der Waals surface area contributed by atoms with Crippen LogP contribution < -0.4 is 4.74 Å². The summed E-state index contributed by atoms with van der Waals surface area (Å²) in [5.74, 6) is 0.0746. The van der Waals surface area contributed by atoms with Crippen molar-refractivity contribution in [2.75, 3.05) is 6.54 Å². The molecule has 4 aromatic rings. The number of hydrogen-bond donors (Lipinski definition) is 0. The van der Waals surface area contributed by atoms with Gasteiger partial charge in [0.2, 0.25) is 11.7 Å². The molecule has 0 N–H and O–H groups in total. The predicted molar refractivity (Wildman–Crippen MR) is 111 cm³/mol. The van der Waals surface area contributed by atoms with Crippen molar-refractivity contribution >= 4 is 5.91 Å². The lowest BCUT2D eigenvalue weighted by Crippen LogP contribution is -2.31. The van der Waals surface area contributed by atoms with Crippen LogP contribution in [0.5, 0.6) is 5.75 Å². The maximum atomic E-state index is 13.5. The van der Waals surface area contributed by atoms with E-state index in [0.717, 1.165) is 6.42 Å². The van der Waals surface area contributed by atoms with Crippen LogP contribution in [-0.2, 0) is 0 Å². The highest BCUT2D eigenvalue weighted by atomic mass is 19.3. The van der Waals surface area contributed by atoms with Gasteiger partial charge in [0, 0.05) is 6.54 Å². The van der Waals surface area contributed by atoms with Crippen LogP contribution in [0.1, 0.15) is 35.1 Å². The van der Waals surface area contributed by atoms with Gasteiger partial charge >= 0.3 is 6.61 Å². The fourth-order valence-electron chi connectivity index (χ4n) is 3.92. The zero-order valence-corrected chi connectivity index (χ0v) is 17.2. The minimum Gasteiger partial charge on any atom is -0.434 e. The van der Waals surface area contributed by atoms with Crippen LogP contribution in [0.15, 0.2) is 65.4 Å². The van der Waals surface area contributed by atoms with Crippen LogP contribution >= 0.6 is 0 Å². The summed E-state index contributed by atoms with van der Waals surface area (Å²) in [7, 11) is 0. The summed E-state index contributed by atoms with van der Waals surface area (Å²) in [6.45, 7) is -2.47. The summed E-state index contributed by atoms with van der Waals surface area (Å²) >= 11 is 0. The van der Waals surface area contributed by atoms with E-state index in [1.165, 1.54) is 23.3 Å². The first kappa shape index (κ1) is 20.7. The molecular formula is C22H18F2N6O3. The Balaban J connectivity index is 1.44. The summed E-state index contributed by atoms with van der Waals surface area (Å²) in [6, 6.07) is 12.8. The maximum Gasteiger partial charge on any atom is 0.387 e. The van der Waals surface area contributed by atoms with E-state index >= 15 is 0 Å². The minimum atomic E-state index is -2.98. The topological polar surface area (TPSA) is 99.2 Å². The van der Waals surface area contributed by atoms with Gasteiger partial charge in [-0.2, -0.15) is 28.8 Å². The number of ether oxygens (including phenoxy) is 1. The van der Waals surface area contributed by atoms with E-state index in [2.05, 4.69) is 25.1 Å². The number of carbonyl (C=O) groups excluding carboxylic acids is 1. The number of rotatable bonds is 6. The van der Waals surface area contributed by atoms with Crippen LogP contribution in [0.25, 0.3) is 17.1 Å². The lowest BCUT2D eigenvalue weighted by molar-refractivity contribution is -0.0494. The first-order valence-electron chi connectivity index (χ1n) is 10.3. The number of para-hydroxylation sites is 2. The largest absolute Gasteiger partial charge is 0.434 e. The highest BCUT2D eigenvalue weighted by molar-refractivity contribution is 5.98. The summed E-state index contributed by atoms with van der Waals surface area (Å²) in [5, 5.41) is 12.2. The van der Waals surface area contributed by atoms with Crippen molar-refractivity contribution in [1.29, 1.82) is 0 Å². The Morgan fingerprint density at radius 2 is 1.85 bits per heavy atom. The molecule has 0 spiro atoms. The summed E-state index contributed by atoms with van der Waals surface area (Å²) < 4.78 is 35.5. The highest BCUT2D eigenvalue weighted by Gasteiger charge is 2.36. The number of likely N-dealkylation sites (tertiary alicyclic amines) is 1. The minimum absolute atomic E-state index is 0.0557. The number of benzene rings is 2. The summed E-state index contributed by atoms with van der Waals surface area (Å²) in [5.41, 5.74) is 1.28. The maximum absolute atomic E-state index is 13.5. The third kappa shape index (κ3) is 4.04. The number of aromatic nitrogens is 5. The van der Waals surface area contributed by atoms with Gasteiger partial charge in [-0.25, -0.2) is 0 Å². The number of carbonyl (C=O) groups is 1. The molecular weight excluding hydrogens is 434 g/mol. The number of alkyl halides is 2. The van der Waals surface area contributed by atoms with Crippen molar-refractivity contribution in [2.24, 2.45) is 0 Å². The van der Waals surface area contributed by atoms with Crippen LogP contribution in [-0.4, -0.2) is 49.1 Å². The van der Waals surface area contributed by atoms with E-state index in [1.54, 1.807) is 47.4 Å². The van der Waals surface area contributed by atoms with E-state index in [0.29, 0.717) is 24.2 Å². The van der Waals surface area contributed by atoms with Gasteiger partial charge in [-0.3, -0.25) is 4.79 Å². The second-order valence-corrected chi connectivity index (χ2v) is 7.32. The van der Waals surface area contributed by atoms with Gasteiger partial charge < -0.3 is 14.2 Å². The van der Waals surface area contributed by atoms with Gasteiger partial charge in [-0.15, -0.1) is 0 Å². The molecule has 9 nitrogen and oxygen atoms in total.